The minimum absolute atomic E-state index is 0.158. The zero-order chi connectivity index (χ0) is 12.6. The number of hydrogen-bond donors (Lipinski definition) is 1. The zero-order valence-corrected chi connectivity index (χ0v) is 11.9. The SMILES string of the molecule is CNC1CCC(C)(c2c(Cl)cnn2C(C)C)C1. The zero-order valence-electron chi connectivity index (χ0n) is 11.1. The summed E-state index contributed by atoms with van der Waals surface area (Å²) >= 11 is 6.35. The lowest BCUT2D eigenvalue weighted by Crippen LogP contribution is -2.28. The molecular formula is C13H22ClN3. The quantitative estimate of drug-likeness (QED) is 0.899. The summed E-state index contributed by atoms with van der Waals surface area (Å²) in [7, 11) is 2.04. The van der Waals surface area contributed by atoms with Gasteiger partial charge in [-0.05, 0) is 40.2 Å². The molecule has 0 bridgehead atoms. The van der Waals surface area contributed by atoms with Gasteiger partial charge in [0.1, 0.15) is 0 Å². The predicted octanol–water partition coefficient (Wildman–Crippen LogP) is 3.15. The monoisotopic (exact) mass is 255 g/mol. The molecule has 1 aliphatic carbocycles. The summed E-state index contributed by atoms with van der Waals surface area (Å²) in [4.78, 5) is 0. The Balaban J connectivity index is 2.36. The first kappa shape index (κ1) is 12.9. The summed E-state index contributed by atoms with van der Waals surface area (Å²) in [6.07, 6.45) is 5.32. The molecule has 1 fully saturated rings. The molecule has 0 aliphatic heterocycles. The van der Waals surface area contributed by atoms with Crippen molar-refractivity contribution in [2.45, 2.75) is 57.5 Å². The Kier molecular flexibility index (Phi) is 3.50. The van der Waals surface area contributed by atoms with Crippen molar-refractivity contribution in [3.8, 4) is 0 Å². The van der Waals surface area contributed by atoms with E-state index in [0.29, 0.717) is 12.1 Å². The number of rotatable bonds is 3. The minimum atomic E-state index is 0.158. The van der Waals surface area contributed by atoms with Crippen LogP contribution in [0.15, 0.2) is 6.20 Å². The van der Waals surface area contributed by atoms with Gasteiger partial charge in [-0.25, -0.2) is 0 Å². The van der Waals surface area contributed by atoms with Gasteiger partial charge in [-0.2, -0.15) is 5.10 Å². The van der Waals surface area contributed by atoms with Crippen LogP contribution in [0.2, 0.25) is 5.02 Å². The lowest BCUT2D eigenvalue weighted by Gasteiger charge is -2.27. The Bertz CT molecular complexity index is 399. The minimum Gasteiger partial charge on any atom is -0.317 e. The van der Waals surface area contributed by atoms with Crippen LogP contribution < -0.4 is 5.32 Å². The third-order valence-corrected chi connectivity index (χ3v) is 4.24. The third-order valence-electron chi connectivity index (χ3n) is 3.96. The third kappa shape index (κ3) is 2.23. The molecule has 0 spiro atoms. The van der Waals surface area contributed by atoms with Crippen molar-refractivity contribution in [1.29, 1.82) is 0 Å². The number of nitrogens with one attached hydrogen (secondary N) is 1. The molecule has 0 aromatic carbocycles. The molecule has 1 saturated carbocycles. The van der Waals surface area contributed by atoms with Gasteiger partial charge in [0.05, 0.1) is 16.9 Å². The van der Waals surface area contributed by atoms with Crippen LogP contribution in [0.3, 0.4) is 0 Å². The van der Waals surface area contributed by atoms with E-state index >= 15 is 0 Å². The first-order valence-electron chi connectivity index (χ1n) is 6.38. The number of aromatic nitrogens is 2. The number of hydrogen-bond acceptors (Lipinski definition) is 2. The summed E-state index contributed by atoms with van der Waals surface area (Å²) in [6.45, 7) is 6.62. The molecule has 1 N–H and O–H groups in total. The van der Waals surface area contributed by atoms with Crippen molar-refractivity contribution in [3.05, 3.63) is 16.9 Å². The molecule has 2 rings (SSSR count). The van der Waals surface area contributed by atoms with E-state index in [-0.39, 0.29) is 5.41 Å². The first-order valence-corrected chi connectivity index (χ1v) is 6.76. The number of nitrogens with zero attached hydrogens (tertiary/aromatic N) is 2. The molecule has 17 heavy (non-hydrogen) atoms. The Morgan fingerprint density at radius 3 is 2.82 bits per heavy atom. The fourth-order valence-corrected chi connectivity index (χ4v) is 3.36. The molecule has 1 aromatic rings. The van der Waals surface area contributed by atoms with Crippen molar-refractivity contribution in [1.82, 2.24) is 15.1 Å². The topological polar surface area (TPSA) is 29.9 Å². The van der Waals surface area contributed by atoms with Crippen molar-refractivity contribution in [2.24, 2.45) is 0 Å². The van der Waals surface area contributed by atoms with Crippen LogP contribution in [0.25, 0.3) is 0 Å². The smallest absolute Gasteiger partial charge is 0.0823 e. The average Bonchev–Trinajstić information content (AvgIpc) is 2.83. The molecule has 1 aromatic heterocycles. The molecule has 96 valence electrons. The van der Waals surface area contributed by atoms with E-state index in [2.05, 4.69) is 35.9 Å². The first-order chi connectivity index (χ1) is 7.98. The summed E-state index contributed by atoms with van der Waals surface area (Å²) in [5, 5.41) is 8.61. The summed E-state index contributed by atoms with van der Waals surface area (Å²) in [6, 6.07) is 0.967. The van der Waals surface area contributed by atoms with E-state index in [4.69, 9.17) is 11.6 Å². The molecular weight excluding hydrogens is 234 g/mol. The normalized spacial score (nSPS) is 29.2. The second-order valence-corrected chi connectivity index (χ2v) is 6.08. The second-order valence-electron chi connectivity index (χ2n) is 5.67. The van der Waals surface area contributed by atoms with Crippen molar-refractivity contribution in [2.75, 3.05) is 7.05 Å². The molecule has 2 atom stereocenters. The predicted molar refractivity (Wildman–Crippen MR) is 71.7 cm³/mol. The van der Waals surface area contributed by atoms with E-state index in [1.54, 1.807) is 6.20 Å². The Labute approximate surface area is 109 Å². The summed E-state index contributed by atoms with van der Waals surface area (Å²) < 4.78 is 2.08. The fraction of sp³-hybridized carbons (Fsp3) is 0.769. The highest BCUT2D eigenvalue weighted by Gasteiger charge is 2.40. The van der Waals surface area contributed by atoms with Crippen LogP contribution in [-0.2, 0) is 5.41 Å². The van der Waals surface area contributed by atoms with Gasteiger partial charge >= 0.3 is 0 Å². The van der Waals surface area contributed by atoms with Gasteiger partial charge in [-0.3, -0.25) is 4.68 Å². The van der Waals surface area contributed by atoms with Crippen molar-refractivity contribution in [3.63, 3.8) is 0 Å². The van der Waals surface area contributed by atoms with Crippen LogP contribution in [0.1, 0.15) is 51.8 Å². The number of halogens is 1. The van der Waals surface area contributed by atoms with Crippen LogP contribution in [0.5, 0.6) is 0 Å². The van der Waals surface area contributed by atoms with E-state index in [1.807, 2.05) is 7.05 Å². The van der Waals surface area contributed by atoms with Crippen molar-refractivity contribution >= 4 is 11.6 Å². The van der Waals surface area contributed by atoms with Crippen LogP contribution in [0.4, 0.5) is 0 Å². The van der Waals surface area contributed by atoms with E-state index in [9.17, 15) is 0 Å². The maximum atomic E-state index is 6.35. The average molecular weight is 256 g/mol. The van der Waals surface area contributed by atoms with E-state index < -0.39 is 0 Å². The van der Waals surface area contributed by atoms with Crippen LogP contribution in [-0.4, -0.2) is 22.9 Å². The standard InChI is InChI=1S/C13H22ClN3/c1-9(2)17-12(11(14)8-16-17)13(3)6-5-10(7-13)15-4/h8-10,15H,5-7H2,1-4H3. The van der Waals surface area contributed by atoms with Gasteiger partial charge in [0.25, 0.3) is 0 Å². The largest absolute Gasteiger partial charge is 0.317 e. The maximum absolute atomic E-state index is 6.35. The van der Waals surface area contributed by atoms with Crippen molar-refractivity contribution < 1.29 is 0 Å². The molecule has 2 unspecified atom stereocenters. The molecule has 4 heteroatoms. The molecule has 3 nitrogen and oxygen atoms in total. The van der Waals surface area contributed by atoms with Gasteiger partial charge in [-0.1, -0.05) is 18.5 Å². The van der Waals surface area contributed by atoms with Gasteiger partial charge in [0.2, 0.25) is 0 Å². The van der Waals surface area contributed by atoms with E-state index in [1.165, 1.54) is 18.5 Å². The maximum Gasteiger partial charge on any atom is 0.0823 e. The molecule has 0 saturated heterocycles. The summed E-state index contributed by atoms with van der Waals surface area (Å²) in [5.74, 6) is 0. The van der Waals surface area contributed by atoms with Crippen LogP contribution in [0, 0.1) is 0 Å². The van der Waals surface area contributed by atoms with Gasteiger partial charge in [0, 0.05) is 17.5 Å². The van der Waals surface area contributed by atoms with Gasteiger partial charge < -0.3 is 5.32 Å². The fourth-order valence-electron chi connectivity index (χ4n) is 3.00. The lowest BCUT2D eigenvalue weighted by atomic mass is 9.84. The molecule has 0 radical (unpaired) electrons. The van der Waals surface area contributed by atoms with Gasteiger partial charge in [0.15, 0.2) is 0 Å². The van der Waals surface area contributed by atoms with Gasteiger partial charge in [-0.15, -0.1) is 0 Å². The van der Waals surface area contributed by atoms with E-state index in [0.717, 1.165) is 11.4 Å². The Morgan fingerprint density at radius 2 is 2.29 bits per heavy atom. The highest BCUT2D eigenvalue weighted by atomic mass is 35.5. The van der Waals surface area contributed by atoms with Crippen LogP contribution >= 0.6 is 11.6 Å². The Morgan fingerprint density at radius 1 is 1.59 bits per heavy atom. The lowest BCUT2D eigenvalue weighted by molar-refractivity contribution is 0.396. The molecule has 1 aliphatic rings. The Hall–Kier alpha value is -0.540. The molecule has 0 amide bonds. The highest BCUT2D eigenvalue weighted by molar-refractivity contribution is 6.31. The highest BCUT2D eigenvalue weighted by Crippen LogP contribution is 2.44. The molecule has 1 heterocycles. The second kappa shape index (κ2) is 4.62. The summed E-state index contributed by atoms with van der Waals surface area (Å²) in [5.41, 5.74) is 1.37.